The minimum Gasteiger partial charge on any atom is -0.489 e. The topological polar surface area (TPSA) is 33.7 Å². The number of benzene rings is 1. The van der Waals surface area contributed by atoms with Gasteiger partial charge in [0.15, 0.2) is 0 Å². The largest absolute Gasteiger partial charge is 0.489 e. The molecule has 19 heavy (non-hydrogen) atoms. The maximum absolute atomic E-state index is 5.89. The monoisotopic (exact) mass is 260 g/mol. The Morgan fingerprint density at radius 1 is 1.21 bits per heavy atom. The fourth-order valence-corrected chi connectivity index (χ4v) is 3.43. The van der Waals surface area contributed by atoms with Crippen LogP contribution in [0.2, 0.25) is 0 Å². The molecule has 1 aromatic rings. The lowest BCUT2D eigenvalue weighted by Crippen LogP contribution is -2.42. The minimum absolute atomic E-state index is 0.456. The Labute approximate surface area is 113 Å². The molecule has 1 aromatic carbocycles. The first-order valence-electron chi connectivity index (χ1n) is 7.25. The average Bonchev–Trinajstić information content (AvgIpc) is 2.78. The van der Waals surface area contributed by atoms with Crippen LogP contribution in [0.5, 0.6) is 5.75 Å². The standard InChI is InChI=1S/C15H20N2O2/c1-2-11(15-14(3-1)16-6-7-18-15)8-17-9-12-4-5-13(10-17)19-12/h1-3,12-13,16H,4-10H2. The van der Waals surface area contributed by atoms with Crippen LogP contribution in [0.4, 0.5) is 5.69 Å². The Bertz CT molecular complexity index is 465. The molecule has 0 spiro atoms. The number of hydrogen-bond donors (Lipinski definition) is 1. The zero-order valence-electron chi connectivity index (χ0n) is 11.1. The maximum Gasteiger partial charge on any atom is 0.146 e. The normalized spacial score (nSPS) is 29.5. The highest BCUT2D eigenvalue weighted by atomic mass is 16.5. The van der Waals surface area contributed by atoms with Gasteiger partial charge in [-0.15, -0.1) is 0 Å². The van der Waals surface area contributed by atoms with Gasteiger partial charge in [-0.25, -0.2) is 0 Å². The first-order chi connectivity index (χ1) is 9.38. The number of rotatable bonds is 2. The predicted molar refractivity (Wildman–Crippen MR) is 73.6 cm³/mol. The van der Waals surface area contributed by atoms with Crippen LogP contribution in [-0.4, -0.2) is 43.3 Å². The molecule has 2 bridgehead atoms. The first kappa shape index (κ1) is 11.6. The van der Waals surface area contributed by atoms with Gasteiger partial charge in [0.1, 0.15) is 12.4 Å². The van der Waals surface area contributed by atoms with E-state index in [-0.39, 0.29) is 0 Å². The molecule has 0 saturated carbocycles. The molecule has 0 aliphatic carbocycles. The Hall–Kier alpha value is -1.26. The van der Waals surface area contributed by atoms with Gasteiger partial charge < -0.3 is 14.8 Å². The third kappa shape index (κ3) is 2.19. The van der Waals surface area contributed by atoms with Crippen LogP contribution in [0.1, 0.15) is 18.4 Å². The number of hydrogen-bond acceptors (Lipinski definition) is 4. The van der Waals surface area contributed by atoms with Gasteiger partial charge in [-0.05, 0) is 18.9 Å². The summed E-state index contributed by atoms with van der Waals surface area (Å²) in [4.78, 5) is 2.51. The quantitative estimate of drug-likeness (QED) is 0.880. The van der Waals surface area contributed by atoms with E-state index < -0.39 is 0 Å². The number of para-hydroxylation sites is 1. The summed E-state index contributed by atoms with van der Waals surface area (Å²) in [6, 6.07) is 6.40. The zero-order valence-corrected chi connectivity index (χ0v) is 11.1. The third-order valence-corrected chi connectivity index (χ3v) is 4.27. The highest BCUT2D eigenvalue weighted by Crippen LogP contribution is 2.33. The van der Waals surface area contributed by atoms with Gasteiger partial charge in [0.05, 0.1) is 17.9 Å². The maximum atomic E-state index is 5.89. The van der Waals surface area contributed by atoms with Crippen molar-refractivity contribution in [3.8, 4) is 5.75 Å². The summed E-state index contributed by atoms with van der Waals surface area (Å²) in [6.45, 7) is 4.76. The van der Waals surface area contributed by atoms with E-state index in [2.05, 4.69) is 28.4 Å². The molecular weight excluding hydrogens is 240 g/mol. The van der Waals surface area contributed by atoms with Crippen molar-refractivity contribution >= 4 is 5.69 Å². The third-order valence-electron chi connectivity index (χ3n) is 4.27. The fourth-order valence-electron chi connectivity index (χ4n) is 3.43. The Morgan fingerprint density at radius 3 is 2.89 bits per heavy atom. The predicted octanol–water partition coefficient (Wildman–Crippen LogP) is 1.85. The van der Waals surface area contributed by atoms with Crippen LogP contribution in [0, 0.1) is 0 Å². The lowest BCUT2D eigenvalue weighted by Gasteiger charge is -2.33. The first-order valence-corrected chi connectivity index (χ1v) is 7.25. The van der Waals surface area contributed by atoms with Crippen LogP contribution in [0.3, 0.4) is 0 Å². The summed E-state index contributed by atoms with van der Waals surface area (Å²) in [5, 5.41) is 3.40. The van der Waals surface area contributed by atoms with E-state index in [1.807, 2.05) is 0 Å². The number of anilines is 1. The van der Waals surface area contributed by atoms with Gasteiger partial charge in [-0.1, -0.05) is 12.1 Å². The van der Waals surface area contributed by atoms with E-state index in [0.29, 0.717) is 12.2 Å². The van der Waals surface area contributed by atoms with E-state index in [1.54, 1.807) is 0 Å². The smallest absolute Gasteiger partial charge is 0.146 e. The number of likely N-dealkylation sites (tertiary alicyclic amines) is 1. The van der Waals surface area contributed by atoms with Gasteiger partial charge in [-0.3, -0.25) is 4.90 Å². The van der Waals surface area contributed by atoms with E-state index >= 15 is 0 Å². The second-order valence-corrected chi connectivity index (χ2v) is 5.72. The number of nitrogens with one attached hydrogen (secondary N) is 1. The molecule has 4 heteroatoms. The molecule has 2 atom stereocenters. The molecule has 0 amide bonds. The van der Waals surface area contributed by atoms with E-state index in [9.17, 15) is 0 Å². The van der Waals surface area contributed by atoms with Gasteiger partial charge in [-0.2, -0.15) is 0 Å². The van der Waals surface area contributed by atoms with E-state index in [1.165, 1.54) is 18.4 Å². The summed E-state index contributed by atoms with van der Waals surface area (Å²) in [5.41, 5.74) is 2.44. The number of ether oxygens (including phenoxy) is 2. The van der Waals surface area contributed by atoms with Gasteiger partial charge in [0.2, 0.25) is 0 Å². The molecule has 102 valence electrons. The molecule has 2 saturated heterocycles. The summed E-state index contributed by atoms with van der Waals surface area (Å²) < 4.78 is 11.7. The van der Waals surface area contributed by atoms with Crippen molar-refractivity contribution in [2.45, 2.75) is 31.6 Å². The average molecular weight is 260 g/mol. The van der Waals surface area contributed by atoms with E-state index in [4.69, 9.17) is 9.47 Å². The Kier molecular flexibility index (Phi) is 2.85. The molecule has 2 fully saturated rings. The molecule has 4 rings (SSSR count). The molecule has 2 unspecified atom stereocenters. The van der Waals surface area contributed by atoms with Crippen LogP contribution < -0.4 is 10.1 Å². The summed E-state index contributed by atoms with van der Waals surface area (Å²) in [6.07, 6.45) is 3.37. The Morgan fingerprint density at radius 2 is 2.05 bits per heavy atom. The van der Waals surface area contributed by atoms with Crippen LogP contribution in [-0.2, 0) is 11.3 Å². The summed E-state index contributed by atoms with van der Waals surface area (Å²) in [7, 11) is 0. The number of morpholine rings is 1. The molecule has 1 N–H and O–H groups in total. The molecule has 3 heterocycles. The van der Waals surface area contributed by atoms with Crippen LogP contribution in [0.25, 0.3) is 0 Å². The highest BCUT2D eigenvalue weighted by molar-refractivity contribution is 5.61. The van der Waals surface area contributed by atoms with Crippen molar-refractivity contribution in [1.29, 1.82) is 0 Å². The molecule has 4 nitrogen and oxygen atoms in total. The minimum atomic E-state index is 0.456. The van der Waals surface area contributed by atoms with Gasteiger partial charge >= 0.3 is 0 Å². The van der Waals surface area contributed by atoms with Crippen LogP contribution >= 0.6 is 0 Å². The summed E-state index contributed by atoms with van der Waals surface area (Å²) >= 11 is 0. The van der Waals surface area contributed by atoms with Crippen molar-refractivity contribution in [1.82, 2.24) is 4.90 Å². The fraction of sp³-hybridized carbons (Fsp3) is 0.600. The van der Waals surface area contributed by atoms with Crippen LogP contribution in [0.15, 0.2) is 18.2 Å². The second kappa shape index (κ2) is 4.69. The second-order valence-electron chi connectivity index (χ2n) is 5.72. The number of fused-ring (bicyclic) bond motifs is 3. The summed E-state index contributed by atoms with van der Waals surface area (Å²) in [5.74, 6) is 1.05. The SMILES string of the molecule is c1cc(CN2CC3CCC(C2)O3)c2c(c1)NCCO2. The van der Waals surface area contributed by atoms with Gasteiger partial charge in [0, 0.05) is 31.7 Å². The van der Waals surface area contributed by atoms with Crippen molar-refractivity contribution in [2.75, 3.05) is 31.6 Å². The molecule has 0 aromatic heterocycles. The molecule has 0 radical (unpaired) electrons. The van der Waals surface area contributed by atoms with Crippen molar-refractivity contribution < 1.29 is 9.47 Å². The molecular formula is C15H20N2O2. The van der Waals surface area contributed by atoms with E-state index in [0.717, 1.165) is 44.2 Å². The number of nitrogens with zero attached hydrogens (tertiary/aromatic N) is 1. The lowest BCUT2D eigenvalue weighted by molar-refractivity contribution is -0.0412. The molecule has 3 aliphatic heterocycles. The van der Waals surface area contributed by atoms with Crippen molar-refractivity contribution in [3.05, 3.63) is 23.8 Å². The van der Waals surface area contributed by atoms with Gasteiger partial charge in [0.25, 0.3) is 0 Å². The lowest BCUT2D eigenvalue weighted by atomic mass is 10.1. The highest BCUT2D eigenvalue weighted by Gasteiger charge is 2.33. The van der Waals surface area contributed by atoms with Crippen molar-refractivity contribution in [2.24, 2.45) is 0 Å². The zero-order chi connectivity index (χ0) is 12.7. The molecule has 3 aliphatic rings. The van der Waals surface area contributed by atoms with Crippen molar-refractivity contribution in [3.63, 3.8) is 0 Å². The Balaban J connectivity index is 1.53.